The van der Waals surface area contributed by atoms with Crippen LogP contribution in [0.4, 0.5) is 22.7 Å². The second-order valence-electron chi connectivity index (χ2n) is 19.6. The Kier molecular flexibility index (Phi) is 37.3. The number of aliphatic hydroxyl groups is 5. The number of aliphatic carboxylic acids is 3. The number of unbranched alkanes of at least 4 members (excludes halogenated alkanes) is 6. The molecule has 0 aliphatic rings. The van der Waals surface area contributed by atoms with Gasteiger partial charge in [-0.25, -0.2) is 9.59 Å². The number of hydrogen-bond donors (Lipinski definition) is 28. The summed E-state index contributed by atoms with van der Waals surface area (Å²) in [6.07, 6.45) is -4.58. The summed E-state index contributed by atoms with van der Waals surface area (Å²) in [6.45, 7) is 1.43. The van der Waals surface area contributed by atoms with Gasteiger partial charge in [0, 0.05) is 69.0 Å². The van der Waals surface area contributed by atoms with Crippen LogP contribution in [-0.4, -0.2) is 175 Å². The van der Waals surface area contributed by atoms with E-state index in [-0.39, 0.29) is 47.7 Å². The van der Waals surface area contributed by atoms with Gasteiger partial charge < -0.3 is 88.1 Å². The smallest absolute Gasteiger partial charge is 0.347 e. The predicted octanol–water partition coefficient (Wildman–Crippen LogP) is 4.09. The van der Waals surface area contributed by atoms with E-state index in [4.69, 9.17) is 115 Å². The van der Waals surface area contributed by atoms with E-state index in [1.165, 1.54) is 0 Å². The highest BCUT2D eigenvalue weighted by atomic mass is 35.5. The first kappa shape index (κ1) is 79.8. The minimum atomic E-state index is -3.10. The number of halogens is 4. The van der Waals surface area contributed by atoms with Crippen LogP contribution in [0.2, 0.25) is 20.1 Å². The molecular formula is C56H78Cl4N20O13. The van der Waals surface area contributed by atoms with Gasteiger partial charge in [-0.15, -0.1) is 0 Å². The first-order chi connectivity index (χ1) is 44.0. The van der Waals surface area contributed by atoms with Gasteiger partial charge in [-0.2, -0.15) is 0 Å². The molecule has 0 radical (unpaired) electrons. The second kappa shape index (κ2) is 43.4. The monoisotopic (exact) mass is 1380 g/mol. The maximum absolute atomic E-state index is 11.6. The average Bonchev–Trinajstić information content (AvgIpc) is 1.21. The van der Waals surface area contributed by atoms with Crippen molar-refractivity contribution < 1.29 is 64.8 Å². The molecule has 93 heavy (non-hydrogen) atoms. The van der Waals surface area contributed by atoms with Gasteiger partial charge in [0.2, 0.25) is 6.10 Å². The van der Waals surface area contributed by atoms with Crippen LogP contribution in [0.1, 0.15) is 64.2 Å². The Labute approximate surface area is 554 Å². The number of carboxylic acids is 3. The highest BCUT2D eigenvalue weighted by Gasteiger charge is 2.44. The van der Waals surface area contributed by atoms with Gasteiger partial charge >= 0.3 is 23.9 Å². The molecule has 508 valence electrons. The Morgan fingerprint density at radius 1 is 0.419 bits per heavy atom. The summed E-state index contributed by atoms with van der Waals surface area (Å²) < 4.78 is 4.26. The molecule has 0 saturated carbocycles. The average molecular weight is 1380 g/mol. The lowest BCUT2D eigenvalue weighted by molar-refractivity contribution is -0.188. The lowest BCUT2D eigenvalue weighted by atomic mass is 9.95. The van der Waals surface area contributed by atoms with Crippen LogP contribution < -0.4 is 63.8 Å². The third-order valence-electron chi connectivity index (χ3n) is 11.9. The number of guanidine groups is 8. The predicted molar refractivity (Wildman–Crippen MR) is 356 cm³/mol. The first-order valence-corrected chi connectivity index (χ1v) is 29.6. The molecule has 0 amide bonds. The van der Waals surface area contributed by atoms with Crippen molar-refractivity contribution in [3.05, 3.63) is 117 Å². The molecule has 0 aliphatic heterocycles. The van der Waals surface area contributed by atoms with E-state index in [9.17, 15) is 34.5 Å². The molecule has 1 unspecified atom stereocenters. The molecule has 0 fully saturated rings. The van der Waals surface area contributed by atoms with Crippen LogP contribution >= 0.6 is 46.4 Å². The quantitative estimate of drug-likeness (QED) is 0.0157. The van der Waals surface area contributed by atoms with E-state index in [0.717, 1.165) is 51.4 Å². The summed E-state index contributed by atoms with van der Waals surface area (Å²) in [7, 11) is 0. The van der Waals surface area contributed by atoms with Crippen LogP contribution in [0.15, 0.2) is 97.1 Å². The molecule has 37 heteroatoms. The maximum Gasteiger partial charge on any atom is 0.347 e. The van der Waals surface area contributed by atoms with E-state index in [2.05, 4.69) is 68.5 Å². The molecule has 0 aromatic heterocycles. The number of anilines is 4. The minimum absolute atomic E-state index is 0.00148. The van der Waals surface area contributed by atoms with Crippen molar-refractivity contribution in [2.45, 2.75) is 94.2 Å². The van der Waals surface area contributed by atoms with Gasteiger partial charge in [-0.05, 0) is 123 Å². The Morgan fingerprint density at radius 3 is 0.914 bits per heavy atom. The van der Waals surface area contributed by atoms with E-state index in [0.29, 0.717) is 69.0 Å². The van der Waals surface area contributed by atoms with Gasteiger partial charge in [0.15, 0.2) is 53.3 Å². The molecule has 4 aromatic rings. The number of rotatable bonds is 29. The maximum atomic E-state index is 11.6. The van der Waals surface area contributed by atoms with Crippen molar-refractivity contribution >= 4 is 141 Å². The lowest BCUT2D eigenvalue weighted by Crippen LogP contribution is -2.51. The molecule has 0 aliphatic carbocycles. The molecule has 5 atom stereocenters. The van der Waals surface area contributed by atoms with Crippen molar-refractivity contribution in [1.29, 1.82) is 43.3 Å². The highest BCUT2D eigenvalue weighted by Crippen LogP contribution is 2.20. The summed E-state index contributed by atoms with van der Waals surface area (Å²) in [5.41, 5.74) is -0.259. The summed E-state index contributed by atoms with van der Waals surface area (Å²) in [6, 6.07) is 27.8. The number of carboxylic acid groups (broad SMARTS) is 3. The highest BCUT2D eigenvalue weighted by molar-refractivity contribution is 6.31. The normalized spacial score (nSPS) is 12.3. The van der Waals surface area contributed by atoms with Crippen molar-refractivity contribution in [1.82, 2.24) is 42.5 Å². The van der Waals surface area contributed by atoms with E-state index < -0.39 is 73.3 Å². The second-order valence-corrected chi connectivity index (χ2v) is 21.4. The van der Waals surface area contributed by atoms with E-state index >= 15 is 0 Å². The lowest BCUT2D eigenvalue weighted by Gasteiger charge is -2.27. The summed E-state index contributed by atoms with van der Waals surface area (Å²) >= 11 is 23.3. The van der Waals surface area contributed by atoms with Crippen molar-refractivity contribution in [3.63, 3.8) is 0 Å². The van der Waals surface area contributed by atoms with E-state index in [1.54, 1.807) is 97.1 Å². The molecule has 4 aromatic carbocycles. The summed E-state index contributed by atoms with van der Waals surface area (Å²) in [4.78, 5) is 44.1. The van der Waals surface area contributed by atoms with Gasteiger partial charge in [-0.1, -0.05) is 72.1 Å². The standard InChI is InChI=1S/2C22H30Cl2N10.C12H18O13/c2*23-15-5-9-17(10-6-15)31-21(27)33-19(25)29-13-3-1-2-4-14-30-20(26)34-22(28)32-18-11-7-16(24)8-12-18;13-3-4(14)7(18)8(19)9(10(20)21)25-6(17)2-12(24,11(22)23)1-5(15)16/h2*5-12H,1-4,13-14H2,(H5,25,27,29,31,33)(H5,26,28,30,32,34);4,7-9,13-14,18-19,24H,1-3H2,(H,15,16)(H,20,21)(H,22,23)/t;;4-,7-,8+,9-,12?/m..1/s1. The summed E-state index contributed by atoms with van der Waals surface area (Å²) in [5.74, 6) is -7.34. The van der Waals surface area contributed by atoms with Crippen LogP contribution in [0.3, 0.4) is 0 Å². The minimum Gasteiger partial charge on any atom is -0.481 e. The first-order valence-electron chi connectivity index (χ1n) is 28.1. The van der Waals surface area contributed by atoms with Gasteiger partial charge in [0.05, 0.1) is 19.4 Å². The number of benzene rings is 4. The van der Waals surface area contributed by atoms with E-state index in [1.807, 2.05) is 0 Å². The van der Waals surface area contributed by atoms with Crippen LogP contribution in [0.5, 0.6) is 0 Å². The number of nitrogens with one attached hydrogen (secondary N) is 20. The molecule has 28 N–H and O–H groups in total. The number of carbonyl (C=O) groups is 4. The fraction of sp³-hybridized carbons (Fsp3) is 0.357. The fourth-order valence-corrected chi connectivity index (χ4v) is 7.74. The fourth-order valence-electron chi connectivity index (χ4n) is 7.24. The van der Waals surface area contributed by atoms with Gasteiger partial charge in [0.25, 0.3) is 0 Å². The molecule has 0 saturated heterocycles. The Hall–Kier alpha value is -9.32. The largest absolute Gasteiger partial charge is 0.481 e. The number of hydrogen-bond acceptors (Lipinski definition) is 18. The molecule has 4 rings (SSSR count). The zero-order valence-corrected chi connectivity index (χ0v) is 52.8. The molecule has 33 nitrogen and oxygen atoms in total. The zero-order chi connectivity index (χ0) is 69.5. The number of ether oxygens (including phenoxy) is 1. The van der Waals surface area contributed by atoms with Crippen LogP contribution in [-0.2, 0) is 23.9 Å². The molecule has 0 heterocycles. The molecule has 0 spiro atoms. The third kappa shape index (κ3) is 35.8. The number of carbonyl (C=O) groups excluding carboxylic acids is 1. The topological polar surface area (TPSA) is 575 Å². The number of aliphatic hydroxyl groups excluding tert-OH is 4. The Morgan fingerprint density at radius 2 is 0.688 bits per heavy atom. The number of esters is 1. The van der Waals surface area contributed by atoms with Crippen molar-refractivity contribution in [2.75, 3.05) is 54.1 Å². The van der Waals surface area contributed by atoms with Crippen LogP contribution in [0, 0.1) is 43.3 Å². The Bertz CT molecular complexity index is 2790. The molecule has 0 bridgehead atoms. The third-order valence-corrected chi connectivity index (χ3v) is 12.9. The van der Waals surface area contributed by atoms with Crippen molar-refractivity contribution in [3.8, 4) is 0 Å². The SMILES string of the molecule is N=C(NCCCCCCNC(=N)NC(=N)Nc1ccc(Cl)cc1)NC(=N)Nc1ccc(Cl)cc1.N=C(NCCCCCCNC(=N)NC(=N)Nc1ccc(Cl)cc1)NC(=N)Nc1ccc(Cl)cc1.O=C(O)CC(O)(CC(=O)O[C@@H](C(=O)O)[C@@H](O)[C@H](O)[C@H](O)CO)C(=O)O. The molecular weight excluding hydrogens is 1300 g/mol. The van der Waals surface area contributed by atoms with Crippen LogP contribution in [0.25, 0.3) is 0 Å². The van der Waals surface area contributed by atoms with Crippen molar-refractivity contribution in [2.24, 2.45) is 0 Å². The van der Waals surface area contributed by atoms with Gasteiger partial charge in [0.1, 0.15) is 18.3 Å². The van der Waals surface area contributed by atoms with Gasteiger partial charge in [-0.3, -0.25) is 74.1 Å². The zero-order valence-electron chi connectivity index (χ0n) is 49.8. The Balaban J connectivity index is 0.000000482. The summed E-state index contributed by atoms with van der Waals surface area (Å²) in [5, 5.41) is 172.